The van der Waals surface area contributed by atoms with Gasteiger partial charge in [-0.1, -0.05) is 19.9 Å². The average Bonchev–Trinajstić information content (AvgIpc) is 3.61. The Labute approximate surface area is 212 Å². The number of thiophene rings is 1. The smallest absolute Gasteiger partial charge is 0.181 e. The molecular weight excluding hydrogens is 466 g/mol. The monoisotopic (exact) mass is 491 g/mol. The topological polar surface area (TPSA) is 95.2 Å². The molecule has 178 valence electrons. The normalized spacial score (nSPS) is 11.4. The number of hydrogen-bond acceptors (Lipinski definition) is 6. The molecule has 36 heavy (non-hydrogen) atoms. The number of rotatable bonds is 7. The highest BCUT2D eigenvalue weighted by atomic mass is 32.1. The Morgan fingerprint density at radius 1 is 1.03 bits per heavy atom. The van der Waals surface area contributed by atoms with Gasteiger partial charge >= 0.3 is 0 Å². The third-order valence-electron chi connectivity index (χ3n) is 6.15. The molecule has 8 heteroatoms. The van der Waals surface area contributed by atoms with Gasteiger partial charge in [-0.05, 0) is 49.7 Å². The van der Waals surface area contributed by atoms with Gasteiger partial charge in [-0.3, -0.25) is 15.1 Å². The van der Waals surface area contributed by atoms with Crippen LogP contribution in [0.25, 0.3) is 55.0 Å². The largest absolute Gasteiger partial charge is 0.358 e. The van der Waals surface area contributed by atoms with E-state index in [0.29, 0.717) is 5.65 Å². The fourth-order valence-corrected chi connectivity index (χ4v) is 5.32. The van der Waals surface area contributed by atoms with Crippen LogP contribution in [0.1, 0.15) is 24.6 Å². The van der Waals surface area contributed by atoms with Gasteiger partial charge in [-0.25, -0.2) is 4.98 Å². The second-order valence-electron chi connectivity index (χ2n) is 8.85. The fourth-order valence-electron chi connectivity index (χ4n) is 4.44. The molecule has 0 fully saturated rings. The molecule has 0 amide bonds. The predicted molar refractivity (Wildman–Crippen MR) is 148 cm³/mol. The van der Waals surface area contributed by atoms with Gasteiger partial charge < -0.3 is 10.3 Å². The summed E-state index contributed by atoms with van der Waals surface area (Å²) in [5, 5.41) is 13.0. The second kappa shape index (κ2) is 9.05. The van der Waals surface area contributed by atoms with Crippen LogP contribution in [0, 0.1) is 6.92 Å². The molecule has 0 aliphatic rings. The molecule has 6 heterocycles. The first-order valence-corrected chi connectivity index (χ1v) is 12.7. The SMILES string of the molecule is C=C(CCC)Nc1cncc(-c2cnc3n[nH]c(-c4cc5c(-c6ccc(C)s6)nccc5[nH]4)c3c2)c1. The number of aryl methyl sites for hydroxylation is 1. The van der Waals surface area contributed by atoms with Crippen LogP contribution in [0.3, 0.4) is 0 Å². The molecule has 0 radical (unpaired) electrons. The Kier molecular flexibility index (Phi) is 5.58. The van der Waals surface area contributed by atoms with Crippen LogP contribution in [0.4, 0.5) is 5.69 Å². The molecule has 0 atom stereocenters. The van der Waals surface area contributed by atoms with E-state index in [1.165, 1.54) is 4.88 Å². The molecule has 0 unspecified atom stereocenters. The van der Waals surface area contributed by atoms with E-state index in [-0.39, 0.29) is 0 Å². The molecule has 6 rings (SSSR count). The molecule has 7 nitrogen and oxygen atoms in total. The molecule has 0 aliphatic heterocycles. The number of allylic oxidation sites excluding steroid dienone is 1. The van der Waals surface area contributed by atoms with Crippen molar-refractivity contribution >= 4 is 39.0 Å². The third kappa shape index (κ3) is 4.05. The van der Waals surface area contributed by atoms with Gasteiger partial charge in [0.15, 0.2) is 5.65 Å². The molecule has 0 aliphatic carbocycles. The van der Waals surface area contributed by atoms with E-state index < -0.39 is 0 Å². The maximum Gasteiger partial charge on any atom is 0.181 e. The zero-order valence-corrected chi connectivity index (χ0v) is 20.9. The lowest BCUT2D eigenvalue weighted by Crippen LogP contribution is -1.98. The van der Waals surface area contributed by atoms with Crippen molar-refractivity contribution in [2.24, 2.45) is 0 Å². The summed E-state index contributed by atoms with van der Waals surface area (Å²) in [6.07, 6.45) is 9.30. The zero-order valence-electron chi connectivity index (χ0n) is 20.1. The summed E-state index contributed by atoms with van der Waals surface area (Å²) in [5.41, 5.74) is 8.35. The van der Waals surface area contributed by atoms with Crippen molar-refractivity contribution in [1.29, 1.82) is 0 Å². The number of hydrogen-bond donors (Lipinski definition) is 3. The summed E-state index contributed by atoms with van der Waals surface area (Å²) < 4.78 is 0. The Morgan fingerprint density at radius 3 is 2.75 bits per heavy atom. The standard InChI is InChI=1S/C28H25N7S/c1-4-5-16(2)32-20-10-18(13-29-15-20)19-11-22-26(34-35-28(22)31-14-19)24-12-21-23(33-24)8-9-30-27(21)25-7-6-17(3)36-25/h6-15,32-33H,2,4-5H2,1,3H3,(H,31,34,35). The first kappa shape index (κ1) is 22.2. The Hall–Kier alpha value is -4.30. The highest BCUT2D eigenvalue weighted by Gasteiger charge is 2.16. The summed E-state index contributed by atoms with van der Waals surface area (Å²) in [7, 11) is 0. The molecule has 3 N–H and O–H groups in total. The van der Waals surface area contributed by atoms with Crippen molar-refractivity contribution < 1.29 is 0 Å². The summed E-state index contributed by atoms with van der Waals surface area (Å²) >= 11 is 1.75. The van der Waals surface area contributed by atoms with E-state index >= 15 is 0 Å². The van der Waals surface area contributed by atoms with Crippen LogP contribution in [-0.4, -0.2) is 30.1 Å². The maximum absolute atomic E-state index is 4.67. The van der Waals surface area contributed by atoms with Gasteiger partial charge in [-0.2, -0.15) is 5.10 Å². The van der Waals surface area contributed by atoms with Crippen molar-refractivity contribution in [1.82, 2.24) is 30.1 Å². The number of nitrogens with zero attached hydrogens (tertiary/aromatic N) is 4. The quantitative estimate of drug-likeness (QED) is 0.217. The number of nitrogens with one attached hydrogen (secondary N) is 3. The molecule has 0 spiro atoms. The second-order valence-corrected chi connectivity index (χ2v) is 10.1. The number of aromatic amines is 2. The van der Waals surface area contributed by atoms with Crippen LogP contribution < -0.4 is 5.32 Å². The lowest BCUT2D eigenvalue weighted by atomic mass is 10.1. The van der Waals surface area contributed by atoms with Gasteiger partial charge in [0.25, 0.3) is 0 Å². The lowest BCUT2D eigenvalue weighted by Gasteiger charge is -2.09. The lowest BCUT2D eigenvalue weighted by molar-refractivity contribution is 0.913. The number of H-pyrrole nitrogens is 2. The first-order chi connectivity index (χ1) is 17.6. The van der Waals surface area contributed by atoms with Crippen molar-refractivity contribution in [2.75, 3.05) is 5.32 Å². The summed E-state index contributed by atoms with van der Waals surface area (Å²) in [4.78, 5) is 19.7. The van der Waals surface area contributed by atoms with E-state index in [1.807, 2.05) is 30.9 Å². The molecule has 0 saturated carbocycles. The van der Waals surface area contributed by atoms with Crippen LogP contribution in [0.2, 0.25) is 0 Å². The zero-order chi connectivity index (χ0) is 24.6. The first-order valence-electron chi connectivity index (χ1n) is 11.9. The molecule has 6 aromatic rings. The van der Waals surface area contributed by atoms with E-state index in [2.05, 4.69) is 86.2 Å². The predicted octanol–water partition coefficient (Wildman–Crippen LogP) is 7.33. The minimum Gasteiger partial charge on any atom is -0.358 e. The van der Waals surface area contributed by atoms with Crippen LogP contribution in [0.15, 0.2) is 73.5 Å². The molecule has 0 bridgehead atoms. The fraction of sp³-hybridized carbons (Fsp3) is 0.143. The summed E-state index contributed by atoms with van der Waals surface area (Å²) in [5.74, 6) is 0. The Bertz CT molecular complexity index is 1720. The minimum absolute atomic E-state index is 0.665. The summed E-state index contributed by atoms with van der Waals surface area (Å²) in [6.45, 7) is 8.34. The molecule has 0 aromatic carbocycles. The third-order valence-corrected chi connectivity index (χ3v) is 7.15. The van der Waals surface area contributed by atoms with Crippen molar-refractivity contribution in [3.05, 3.63) is 78.3 Å². The number of pyridine rings is 3. The highest BCUT2D eigenvalue weighted by molar-refractivity contribution is 7.15. The summed E-state index contributed by atoms with van der Waals surface area (Å²) in [6, 6.07) is 12.6. The highest BCUT2D eigenvalue weighted by Crippen LogP contribution is 2.36. The van der Waals surface area contributed by atoms with Gasteiger partial charge in [0.2, 0.25) is 0 Å². The van der Waals surface area contributed by atoms with Gasteiger partial charge in [-0.15, -0.1) is 11.3 Å². The number of anilines is 1. The van der Waals surface area contributed by atoms with Crippen LogP contribution in [0.5, 0.6) is 0 Å². The Balaban J connectivity index is 1.40. The van der Waals surface area contributed by atoms with E-state index in [0.717, 1.165) is 73.6 Å². The van der Waals surface area contributed by atoms with Crippen LogP contribution >= 0.6 is 11.3 Å². The van der Waals surface area contributed by atoms with Crippen molar-refractivity contribution in [3.63, 3.8) is 0 Å². The molecule has 6 aromatic heterocycles. The molecular formula is C28H25N7S. The van der Waals surface area contributed by atoms with Crippen LogP contribution in [-0.2, 0) is 0 Å². The average molecular weight is 492 g/mol. The van der Waals surface area contributed by atoms with E-state index in [4.69, 9.17) is 0 Å². The van der Waals surface area contributed by atoms with Crippen molar-refractivity contribution in [3.8, 4) is 33.1 Å². The Morgan fingerprint density at radius 2 is 1.92 bits per heavy atom. The van der Waals surface area contributed by atoms with Crippen molar-refractivity contribution in [2.45, 2.75) is 26.7 Å². The maximum atomic E-state index is 4.67. The van der Waals surface area contributed by atoms with Gasteiger partial charge in [0.05, 0.1) is 33.8 Å². The van der Waals surface area contributed by atoms with E-state index in [1.54, 1.807) is 11.3 Å². The minimum atomic E-state index is 0.665. The van der Waals surface area contributed by atoms with Gasteiger partial charge in [0.1, 0.15) is 0 Å². The number of fused-ring (bicyclic) bond motifs is 2. The number of aromatic nitrogens is 6. The molecule has 0 saturated heterocycles. The van der Waals surface area contributed by atoms with Gasteiger partial charge in [0, 0.05) is 56.6 Å². The van der Waals surface area contributed by atoms with E-state index in [9.17, 15) is 0 Å².